The maximum Gasteiger partial charge on any atom is 0.0423 e. The second kappa shape index (κ2) is 3.95. The maximum atomic E-state index is 4.18. The van der Waals surface area contributed by atoms with Crippen molar-refractivity contribution in [2.45, 2.75) is 24.9 Å². The first-order valence-electron chi connectivity index (χ1n) is 6.73. The summed E-state index contributed by atoms with van der Waals surface area (Å²) in [5.74, 6) is 0.879. The van der Waals surface area contributed by atoms with Gasteiger partial charge in [0.05, 0.1) is 0 Å². The van der Waals surface area contributed by atoms with Crippen LogP contribution >= 0.6 is 0 Å². The van der Waals surface area contributed by atoms with Gasteiger partial charge in [0.15, 0.2) is 0 Å². The Labute approximate surface area is 107 Å². The zero-order valence-corrected chi connectivity index (χ0v) is 10.3. The first-order chi connectivity index (χ1) is 8.90. The van der Waals surface area contributed by atoms with Crippen LogP contribution in [0.25, 0.3) is 10.8 Å². The quantitative estimate of drug-likeness (QED) is 0.845. The summed E-state index contributed by atoms with van der Waals surface area (Å²) >= 11 is 0. The summed E-state index contributed by atoms with van der Waals surface area (Å²) in [7, 11) is 0. The fraction of sp³-hybridized carbons (Fsp3) is 0.400. The number of fused-ring (bicyclic) bond motifs is 3. The van der Waals surface area contributed by atoms with Crippen molar-refractivity contribution in [2.24, 2.45) is 5.92 Å². The second-order valence-electron chi connectivity index (χ2n) is 5.51. The topological polar surface area (TPSA) is 37.0 Å². The fourth-order valence-electron chi connectivity index (χ4n) is 3.46. The summed E-state index contributed by atoms with van der Waals surface area (Å²) in [4.78, 5) is 4.18. The van der Waals surface area contributed by atoms with Crippen molar-refractivity contribution >= 4 is 16.5 Å². The number of benzene rings is 1. The molecule has 0 spiro atoms. The third kappa shape index (κ3) is 1.58. The first kappa shape index (κ1) is 10.3. The molecule has 2 aliphatic rings. The zero-order chi connectivity index (χ0) is 11.9. The Balaban J connectivity index is 1.67. The molecule has 1 aromatic carbocycles. The van der Waals surface area contributed by atoms with Crippen molar-refractivity contribution < 1.29 is 0 Å². The minimum absolute atomic E-state index is 0.586. The van der Waals surface area contributed by atoms with Crippen molar-refractivity contribution in [1.29, 1.82) is 0 Å². The van der Waals surface area contributed by atoms with E-state index in [1.54, 1.807) is 0 Å². The lowest BCUT2D eigenvalue weighted by Gasteiger charge is -2.25. The standard InChI is InChI=1S/C15H17N3/c1-2-11-9-16-5-4-12(11)13(3-1)18-15-7-10-6-14(15)17-8-10/h1-5,9-10,14-15,17-18H,6-8H2/t10-,14-,15+/m1/s1. The Kier molecular flexibility index (Phi) is 2.27. The van der Waals surface area contributed by atoms with Gasteiger partial charge < -0.3 is 10.6 Å². The van der Waals surface area contributed by atoms with Crippen LogP contribution < -0.4 is 10.6 Å². The van der Waals surface area contributed by atoms with Crippen LogP contribution in [-0.4, -0.2) is 23.6 Å². The summed E-state index contributed by atoms with van der Waals surface area (Å²) in [6.45, 7) is 1.21. The van der Waals surface area contributed by atoms with E-state index in [1.807, 2.05) is 12.4 Å². The third-order valence-electron chi connectivity index (χ3n) is 4.35. The van der Waals surface area contributed by atoms with E-state index in [0.717, 1.165) is 5.92 Å². The number of piperidine rings is 1. The van der Waals surface area contributed by atoms with Gasteiger partial charge in [0.2, 0.25) is 0 Å². The summed E-state index contributed by atoms with van der Waals surface area (Å²) in [6, 6.07) is 9.74. The summed E-state index contributed by atoms with van der Waals surface area (Å²) in [5.41, 5.74) is 1.24. The monoisotopic (exact) mass is 239 g/mol. The molecule has 0 amide bonds. The lowest BCUT2D eigenvalue weighted by atomic mass is 10.1. The second-order valence-corrected chi connectivity index (χ2v) is 5.51. The molecule has 1 saturated carbocycles. The molecule has 2 fully saturated rings. The molecule has 3 heteroatoms. The minimum Gasteiger partial charge on any atom is -0.380 e. The normalized spacial score (nSPS) is 29.9. The van der Waals surface area contributed by atoms with Gasteiger partial charge in [-0.05, 0) is 37.4 Å². The van der Waals surface area contributed by atoms with E-state index in [4.69, 9.17) is 0 Å². The van der Waals surface area contributed by atoms with Crippen LogP contribution in [0.15, 0.2) is 36.7 Å². The number of aromatic nitrogens is 1. The number of nitrogens with one attached hydrogen (secondary N) is 2. The van der Waals surface area contributed by atoms with Crippen LogP contribution in [0.1, 0.15) is 12.8 Å². The van der Waals surface area contributed by atoms with Crippen molar-refractivity contribution in [2.75, 3.05) is 11.9 Å². The largest absolute Gasteiger partial charge is 0.380 e. The van der Waals surface area contributed by atoms with E-state index in [0.29, 0.717) is 12.1 Å². The molecule has 1 saturated heterocycles. The van der Waals surface area contributed by atoms with Crippen LogP contribution in [0.3, 0.4) is 0 Å². The number of anilines is 1. The average Bonchev–Trinajstić information content (AvgIpc) is 3.01. The van der Waals surface area contributed by atoms with Crippen molar-refractivity contribution in [3.63, 3.8) is 0 Å². The van der Waals surface area contributed by atoms with E-state index in [9.17, 15) is 0 Å². The molecule has 2 N–H and O–H groups in total. The van der Waals surface area contributed by atoms with Gasteiger partial charge in [0, 0.05) is 40.9 Å². The highest BCUT2D eigenvalue weighted by Gasteiger charge is 2.39. The molecular weight excluding hydrogens is 222 g/mol. The Morgan fingerprint density at radius 1 is 1.22 bits per heavy atom. The van der Waals surface area contributed by atoms with Gasteiger partial charge in [-0.25, -0.2) is 0 Å². The number of pyridine rings is 1. The number of nitrogens with zero attached hydrogens (tertiary/aromatic N) is 1. The summed E-state index contributed by atoms with van der Waals surface area (Å²) < 4.78 is 0. The third-order valence-corrected chi connectivity index (χ3v) is 4.35. The fourth-order valence-corrected chi connectivity index (χ4v) is 3.46. The van der Waals surface area contributed by atoms with E-state index < -0.39 is 0 Å². The van der Waals surface area contributed by atoms with Crippen molar-refractivity contribution in [1.82, 2.24) is 10.3 Å². The van der Waals surface area contributed by atoms with E-state index in [2.05, 4.69) is 39.9 Å². The molecule has 2 heterocycles. The molecule has 1 aromatic heterocycles. The number of rotatable bonds is 2. The van der Waals surface area contributed by atoms with Gasteiger partial charge in [-0.15, -0.1) is 0 Å². The van der Waals surface area contributed by atoms with Crippen LogP contribution in [0, 0.1) is 5.92 Å². The molecule has 1 aliphatic carbocycles. The van der Waals surface area contributed by atoms with Gasteiger partial charge >= 0.3 is 0 Å². The number of hydrogen-bond acceptors (Lipinski definition) is 3. The van der Waals surface area contributed by atoms with Gasteiger partial charge in [0.1, 0.15) is 0 Å². The van der Waals surface area contributed by atoms with E-state index >= 15 is 0 Å². The van der Waals surface area contributed by atoms with Crippen LogP contribution in [-0.2, 0) is 0 Å². The summed E-state index contributed by atoms with van der Waals surface area (Å²) in [5, 5.41) is 9.81. The predicted octanol–water partition coefficient (Wildman–Crippen LogP) is 2.40. The SMILES string of the molecule is c1cc(N[C@H]2C[C@@H]3CN[C@@H]2C3)c2ccncc2c1. The van der Waals surface area contributed by atoms with E-state index in [-0.39, 0.29) is 0 Å². The van der Waals surface area contributed by atoms with Gasteiger partial charge in [-0.2, -0.15) is 0 Å². The first-order valence-corrected chi connectivity index (χ1v) is 6.73. The van der Waals surface area contributed by atoms with Gasteiger partial charge in [0.25, 0.3) is 0 Å². The average molecular weight is 239 g/mol. The minimum atomic E-state index is 0.586. The smallest absolute Gasteiger partial charge is 0.0423 e. The molecule has 3 nitrogen and oxygen atoms in total. The predicted molar refractivity (Wildman–Crippen MR) is 73.7 cm³/mol. The molecule has 1 aliphatic heterocycles. The van der Waals surface area contributed by atoms with Gasteiger partial charge in [-0.3, -0.25) is 4.98 Å². The lowest BCUT2D eigenvalue weighted by Crippen LogP contribution is -2.41. The Bertz CT molecular complexity index is 575. The molecule has 0 radical (unpaired) electrons. The zero-order valence-electron chi connectivity index (χ0n) is 10.3. The Morgan fingerprint density at radius 2 is 2.22 bits per heavy atom. The molecule has 0 unspecified atom stereocenters. The summed E-state index contributed by atoms with van der Waals surface area (Å²) in [6.07, 6.45) is 6.44. The molecule has 4 rings (SSSR count). The highest BCUT2D eigenvalue weighted by Crippen LogP contribution is 2.34. The number of hydrogen-bond donors (Lipinski definition) is 2. The van der Waals surface area contributed by atoms with Crippen molar-refractivity contribution in [3.8, 4) is 0 Å². The Hall–Kier alpha value is -1.61. The molecule has 18 heavy (non-hydrogen) atoms. The molecule has 2 aromatic rings. The molecule has 3 atom stereocenters. The maximum absolute atomic E-state index is 4.18. The Morgan fingerprint density at radius 3 is 3.06 bits per heavy atom. The van der Waals surface area contributed by atoms with Crippen LogP contribution in [0.5, 0.6) is 0 Å². The van der Waals surface area contributed by atoms with Crippen LogP contribution in [0.2, 0.25) is 0 Å². The molecular formula is C15H17N3. The van der Waals surface area contributed by atoms with Crippen LogP contribution in [0.4, 0.5) is 5.69 Å². The highest BCUT2D eigenvalue weighted by molar-refractivity contribution is 5.93. The molecule has 92 valence electrons. The van der Waals surface area contributed by atoms with Crippen molar-refractivity contribution in [3.05, 3.63) is 36.7 Å². The molecule has 2 bridgehead atoms. The lowest BCUT2D eigenvalue weighted by molar-refractivity contribution is 0.467. The van der Waals surface area contributed by atoms with E-state index in [1.165, 1.54) is 35.8 Å². The van der Waals surface area contributed by atoms with Gasteiger partial charge in [-0.1, -0.05) is 12.1 Å². The highest BCUT2D eigenvalue weighted by atomic mass is 15.1.